The fourth-order valence-electron chi connectivity index (χ4n) is 3.27. The summed E-state index contributed by atoms with van der Waals surface area (Å²) >= 11 is 12.2. The number of hydrogen-bond donors (Lipinski definition) is 1. The number of benzene rings is 3. The Kier molecular flexibility index (Phi) is 5.93. The minimum absolute atomic E-state index is 0.0649. The molecule has 4 rings (SSSR count). The van der Waals surface area contributed by atoms with Gasteiger partial charge in [-0.15, -0.1) is 0 Å². The second kappa shape index (κ2) is 8.78. The van der Waals surface area contributed by atoms with Crippen molar-refractivity contribution in [2.45, 2.75) is 12.6 Å². The Hall–Kier alpha value is -3.02. The normalized spacial score (nSPS) is 15.1. The maximum Gasteiger partial charge on any atom is 0.263 e. The predicted octanol–water partition coefficient (Wildman–Crippen LogP) is 4.72. The average Bonchev–Trinajstić information content (AvgIpc) is 2.77. The Balaban J connectivity index is 1.57. The highest BCUT2D eigenvalue weighted by molar-refractivity contribution is 6.37. The molecule has 2 amide bonds. The molecule has 0 spiro atoms. The molecule has 1 unspecified atom stereocenters. The fourth-order valence-corrected chi connectivity index (χ4v) is 3.76. The standard InChI is InChI=1S/C23H18Cl2N2O3/c24-16-10-11-17(18(25)12-16)23(29)27-14-21(30-20-9-5-4-8-19(20)27)22(28)26-13-15-6-2-1-3-7-15/h1-12,21H,13-14H2,(H,26,28). The summed E-state index contributed by atoms with van der Waals surface area (Å²) < 4.78 is 5.89. The van der Waals surface area contributed by atoms with Gasteiger partial charge in [-0.25, -0.2) is 0 Å². The zero-order valence-corrected chi connectivity index (χ0v) is 17.4. The van der Waals surface area contributed by atoms with Crippen LogP contribution in [0, 0.1) is 0 Å². The second-order valence-electron chi connectivity index (χ2n) is 6.82. The van der Waals surface area contributed by atoms with E-state index in [1.807, 2.05) is 36.4 Å². The highest BCUT2D eigenvalue weighted by atomic mass is 35.5. The maximum atomic E-state index is 13.3. The molecule has 0 saturated heterocycles. The summed E-state index contributed by atoms with van der Waals surface area (Å²) in [5.74, 6) is -0.163. The molecule has 152 valence electrons. The van der Waals surface area contributed by atoms with Crippen LogP contribution in [-0.4, -0.2) is 24.5 Å². The smallest absolute Gasteiger partial charge is 0.263 e. The van der Waals surface area contributed by atoms with Crippen molar-refractivity contribution in [3.8, 4) is 5.75 Å². The Morgan fingerprint density at radius 2 is 1.73 bits per heavy atom. The summed E-state index contributed by atoms with van der Waals surface area (Å²) in [6.07, 6.45) is -0.848. The molecule has 1 atom stereocenters. The zero-order chi connectivity index (χ0) is 21.1. The topological polar surface area (TPSA) is 58.6 Å². The Bertz CT molecular complexity index is 1090. The van der Waals surface area contributed by atoms with Gasteiger partial charge in [0.15, 0.2) is 6.10 Å². The van der Waals surface area contributed by atoms with Gasteiger partial charge in [-0.3, -0.25) is 9.59 Å². The van der Waals surface area contributed by atoms with Crippen molar-refractivity contribution in [1.82, 2.24) is 5.32 Å². The van der Waals surface area contributed by atoms with Gasteiger partial charge in [0.1, 0.15) is 5.75 Å². The van der Waals surface area contributed by atoms with E-state index in [1.54, 1.807) is 30.3 Å². The van der Waals surface area contributed by atoms with Crippen molar-refractivity contribution in [1.29, 1.82) is 0 Å². The number of carbonyl (C=O) groups is 2. The van der Waals surface area contributed by atoms with Crippen LogP contribution in [0.1, 0.15) is 15.9 Å². The number of carbonyl (C=O) groups excluding carboxylic acids is 2. The first-order valence-corrected chi connectivity index (χ1v) is 10.1. The first-order valence-electron chi connectivity index (χ1n) is 9.37. The van der Waals surface area contributed by atoms with Crippen LogP contribution in [0.2, 0.25) is 10.0 Å². The van der Waals surface area contributed by atoms with E-state index in [-0.39, 0.29) is 23.4 Å². The maximum absolute atomic E-state index is 13.3. The lowest BCUT2D eigenvalue weighted by Gasteiger charge is -2.34. The molecule has 3 aromatic rings. The van der Waals surface area contributed by atoms with Crippen molar-refractivity contribution >= 4 is 40.7 Å². The fraction of sp³-hybridized carbons (Fsp3) is 0.130. The second-order valence-corrected chi connectivity index (χ2v) is 7.66. The molecule has 5 nitrogen and oxygen atoms in total. The van der Waals surface area contributed by atoms with Crippen LogP contribution in [0.15, 0.2) is 72.8 Å². The summed E-state index contributed by atoms with van der Waals surface area (Å²) in [5, 5.41) is 3.57. The summed E-state index contributed by atoms with van der Waals surface area (Å²) in [7, 11) is 0. The number of ether oxygens (including phenoxy) is 1. The number of hydrogen-bond acceptors (Lipinski definition) is 3. The molecular formula is C23H18Cl2N2O3. The number of fused-ring (bicyclic) bond motifs is 1. The van der Waals surface area contributed by atoms with Crippen molar-refractivity contribution in [3.63, 3.8) is 0 Å². The van der Waals surface area contributed by atoms with Crippen LogP contribution in [0.5, 0.6) is 5.75 Å². The van der Waals surface area contributed by atoms with Gasteiger partial charge in [-0.05, 0) is 35.9 Å². The first kappa shape index (κ1) is 20.3. The lowest BCUT2D eigenvalue weighted by Crippen LogP contribution is -2.50. The average molecular weight is 441 g/mol. The van der Waals surface area contributed by atoms with Gasteiger partial charge in [-0.1, -0.05) is 65.7 Å². The van der Waals surface area contributed by atoms with Gasteiger partial charge < -0.3 is 15.0 Å². The molecule has 1 heterocycles. The van der Waals surface area contributed by atoms with Crippen LogP contribution in [-0.2, 0) is 11.3 Å². The summed E-state index contributed by atoms with van der Waals surface area (Å²) in [5.41, 5.74) is 1.87. The summed E-state index contributed by atoms with van der Waals surface area (Å²) in [6.45, 7) is 0.438. The van der Waals surface area contributed by atoms with E-state index in [4.69, 9.17) is 27.9 Å². The number of nitrogens with one attached hydrogen (secondary N) is 1. The molecular weight excluding hydrogens is 423 g/mol. The molecule has 0 saturated carbocycles. The molecule has 1 N–H and O–H groups in total. The lowest BCUT2D eigenvalue weighted by atomic mass is 10.1. The number of amides is 2. The van der Waals surface area contributed by atoms with Crippen LogP contribution >= 0.6 is 23.2 Å². The highest BCUT2D eigenvalue weighted by Gasteiger charge is 2.34. The Morgan fingerprint density at radius 1 is 1.00 bits per heavy atom. The van der Waals surface area contributed by atoms with E-state index < -0.39 is 6.10 Å². The molecule has 30 heavy (non-hydrogen) atoms. The van der Waals surface area contributed by atoms with Gasteiger partial charge >= 0.3 is 0 Å². The van der Waals surface area contributed by atoms with Crippen molar-refractivity contribution < 1.29 is 14.3 Å². The van der Waals surface area contributed by atoms with Gasteiger partial charge in [-0.2, -0.15) is 0 Å². The zero-order valence-electron chi connectivity index (χ0n) is 15.8. The molecule has 1 aliphatic heterocycles. The molecule has 1 aliphatic rings. The van der Waals surface area contributed by atoms with Gasteiger partial charge in [0.05, 0.1) is 22.8 Å². The quantitative estimate of drug-likeness (QED) is 0.638. The van der Waals surface area contributed by atoms with Crippen molar-refractivity contribution in [2.75, 3.05) is 11.4 Å². The minimum atomic E-state index is -0.848. The molecule has 0 radical (unpaired) electrons. The third-order valence-electron chi connectivity index (χ3n) is 4.78. The molecule has 3 aromatic carbocycles. The highest BCUT2D eigenvalue weighted by Crippen LogP contribution is 2.35. The number of para-hydroxylation sites is 2. The molecule has 0 aromatic heterocycles. The SMILES string of the molecule is O=C(NCc1ccccc1)C1CN(C(=O)c2ccc(Cl)cc2Cl)c2ccccc2O1. The molecule has 7 heteroatoms. The first-order chi connectivity index (χ1) is 14.5. The summed E-state index contributed by atoms with van der Waals surface area (Å²) in [4.78, 5) is 27.5. The Morgan fingerprint density at radius 3 is 2.50 bits per heavy atom. The lowest BCUT2D eigenvalue weighted by molar-refractivity contribution is -0.127. The predicted molar refractivity (Wildman–Crippen MR) is 117 cm³/mol. The Labute approximate surface area is 184 Å². The number of anilines is 1. The molecule has 0 aliphatic carbocycles. The van der Waals surface area contributed by atoms with Crippen molar-refractivity contribution in [2.24, 2.45) is 0 Å². The van der Waals surface area contributed by atoms with Gasteiger partial charge in [0, 0.05) is 11.6 Å². The molecule has 0 bridgehead atoms. The number of halogens is 2. The van der Waals surface area contributed by atoms with E-state index in [1.165, 1.54) is 11.0 Å². The van der Waals surface area contributed by atoms with Crippen LogP contribution in [0.25, 0.3) is 0 Å². The van der Waals surface area contributed by atoms with Gasteiger partial charge in [0.25, 0.3) is 11.8 Å². The molecule has 0 fully saturated rings. The third-order valence-corrected chi connectivity index (χ3v) is 5.33. The van der Waals surface area contributed by atoms with E-state index in [0.717, 1.165) is 5.56 Å². The monoisotopic (exact) mass is 440 g/mol. The number of rotatable bonds is 4. The number of nitrogens with zero attached hydrogens (tertiary/aromatic N) is 1. The van der Waals surface area contributed by atoms with E-state index in [0.29, 0.717) is 28.6 Å². The largest absolute Gasteiger partial charge is 0.477 e. The van der Waals surface area contributed by atoms with E-state index >= 15 is 0 Å². The van der Waals surface area contributed by atoms with E-state index in [9.17, 15) is 9.59 Å². The van der Waals surface area contributed by atoms with Crippen LogP contribution < -0.4 is 15.0 Å². The van der Waals surface area contributed by atoms with Crippen LogP contribution in [0.4, 0.5) is 5.69 Å². The van der Waals surface area contributed by atoms with Crippen LogP contribution in [0.3, 0.4) is 0 Å². The minimum Gasteiger partial charge on any atom is -0.477 e. The van der Waals surface area contributed by atoms with E-state index in [2.05, 4.69) is 5.32 Å². The van der Waals surface area contributed by atoms with Gasteiger partial charge in [0.2, 0.25) is 0 Å². The van der Waals surface area contributed by atoms with Crippen molar-refractivity contribution in [3.05, 3.63) is 94.0 Å². The summed E-state index contributed by atoms with van der Waals surface area (Å²) in [6, 6.07) is 21.4. The third kappa shape index (κ3) is 4.27.